The predicted octanol–water partition coefficient (Wildman–Crippen LogP) is 4.99. The lowest BCUT2D eigenvalue weighted by molar-refractivity contribution is -0.116. The second-order valence-electron chi connectivity index (χ2n) is 8.03. The summed E-state index contributed by atoms with van der Waals surface area (Å²) in [7, 11) is 1.62. The van der Waals surface area contributed by atoms with Crippen LogP contribution in [0.5, 0.6) is 11.5 Å². The molecule has 1 unspecified atom stereocenters. The Morgan fingerprint density at radius 1 is 1.16 bits per heavy atom. The third-order valence-electron chi connectivity index (χ3n) is 5.53. The van der Waals surface area contributed by atoms with Crippen molar-refractivity contribution in [1.29, 1.82) is 0 Å². The standard InChI is InChI=1S/C25H33N3O3/c1-18(26-14-13-19-17-27-24-12-11-21(29)16-23(19)24)7-4-3-5-10-25(30)28-20-8-6-9-22(15-20)31-2/h6,8-9,11-12,15-18,26-27,29H,3-5,7,10,13-14H2,1-2H3,(H,28,30). The van der Waals surface area contributed by atoms with E-state index < -0.39 is 0 Å². The first-order valence-electron chi connectivity index (χ1n) is 11.0. The van der Waals surface area contributed by atoms with Gasteiger partial charge in [0.1, 0.15) is 11.5 Å². The fourth-order valence-corrected chi connectivity index (χ4v) is 3.77. The Balaban J connectivity index is 1.27. The number of fused-ring (bicyclic) bond motifs is 1. The molecular formula is C25H33N3O3. The van der Waals surface area contributed by atoms with Crippen LogP contribution < -0.4 is 15.4 Å². The highest BCUT2D eigenvalue weighted by molar-refractivity contribution is 5.90. The Hall–Kier alpha value is -2.99. The van der Waals surface area contributed by atoms with Gasteiger partial charge in [0.25, 0.3) is 0 Å². The Labute approximate surface area is 184 Å². The lowest BCUT2D eigenvalue weighted by atomic mass is 10.1. The van der Waals surface area contributed by atoms with Crippen molar-refractivity contribution in [2.24, 2.45) is 0 Å². The largest absolute Gasteiger partial charge is 0.508 e. The van der Waals surface area contributed by atoms with E-state index in [1.807, 2.05) is 42.6 Å². The highest BCUT2D eigenvalue weighted by Gasteiger charge is 2.07. The lowest BCUT2D eigenvalue weighted by Crippen LogP contribution is -2.28. The zero-order valence-electron chi connectivity index (χ0n) is 18.4. The summed E-state index contributed by atoms with van der Waals surface area (Å²) in [6, 6.07) is 13.3. The maximum atomic E-state index is 12.1. The number of unbranched alkanes of at least 4 members (excludes halogenated alkanes) is 2. The summed E-state index contributed by atoms with van der Waals surface area (Å²) in [6.45, 7) is 3.10. The molecule has 0 aliphatic heterocycles. The van der Waals surface area contributed by atoms with E-state index in [9.17, 15) is 9.90 Å². The van der Waals surface area contributed by atoms with Crippen molar-refractivity contribution in [1.82, 2.24) is 10.3 Å². The minimum atomic E-state index is 0.0455. The number of carbonyl (C=O) groups is 1. The normalized spacial score (nSPS) is 12.1. The van der Waals surface area contributed by atoms with Crippen LogP contribution in [0.4, 0.5) is 5.69 Å². The average Bonchev–Trinajstić information content (AvgIpc) is 3.15. The lowest BCUT2D eigenvalue weighted by Gasteiger charge is -2.13. The SMILES string of the molecule is COc1cccc(NC(=O)CCCCCC(C)NCCc2c[nH]c3ccc(O)cc23)c1. The third kappa shape index (κ3) is 7.03. The van der Waals surface area contributed by atoms with Gasteiger partial charge in [0.05, 0.1) is 7.11 Å². The maximum Gasteiger partial charge on any atom is 0.224 e. The van der Waals surface area contributed by atoms with Gasteiger partial charge in [-0.1, -0.05) is 18.9 Å². The number of hydrogen-bond acceptors (Lipinski definition) is 4. The van der Waals surface area contributed by atoms with Gasteiger partial charge in [0.15, 0.2) is 0 Å². The van der Waals surface area contributed by atoms with Crippen LogP contribution in [0.15, 0.2) is 48.7 Å². The summed E-state index contributed by atoms with van der Waals surface area (Å²) < 4.78 is 5.18. The summed E-state index contributed by atoms with van der Waals surface area (Å²) in [5.41, 5.74) is 3.04. The van der Waals surface area contributed by atoms with Crippen LogP contribution in [-0.2, 0) is 11.2 Å². The van der Waals surface area contributed by atoms with Gasteiger partial charge in [0.2, 0.25) is 5.91 Å². The number of phenolic OH excluding ortho intramolecular Hbond substituents is 1. The van der Waals surface area contributed by atoms with Crippen molar-refractivity contribution in [2.45, 2.75) is 51.5 Å². The number of H-pyrrole nitrogens is 1. The molecule has 0 radical (unpaired) electrons. The molecule has 3 rings (SSSR count). The number of amides is 1. The Morgan fingerprint density at radius 2 is 2.03 bits per heavy atom. The molecular weight excluding hydrogens is 390 g/mol. The van der Waals surface area contributed by atoms with E-state index in [-0.39, 0.29) is 5.91 Å². The van der Waals surface area contributed by atoms with Crippen LogP contribution in [-0.4, -0.2) is 35.7 Å². The highest BCUT2D eigenvalue weighted by atomic mass is 16.5. The predicted molar refractivity (Wildman–Crippen MR) is 126 cm³/mol. The number of aromatic amines is 1. The van der Waals surface area contributed by atoms with E-state index in [0.717, 1.165) is 61.0 Å². The smallest absolute Gasteiger partial charge is 0.224 e. The monoisotopic (exact) mass is 423 g/mol. The van der Waals surface area contributed by atoms with Crippen molar-refractivity contribution in [2.75, 3.05) is 19.0 Å². The van der Waals surface area contributed by atoms with Gasteiger partial charge in [-0.05, 0) is 68.6 Å². The van der Waals surface area contributed by atoms with Crippen LogP contribution in [0.3, 0.4) is 0 Å². The minimum Gasteiger partial charge on any atom is -0.508 e. The summed E-state index contributed by atoms with van der Waals surface area (Å²) in [5.74, 6) is 1.08. The Bertz CT molecular complexity index is 983. The van der Waals surface area contributed by atoms with E-state index in [0.29, 0.717) is 18.2 Å². The molecule has 6 nitrogen and oxygen atoms in total. The van der Waals surface area contributed by atoms with Crippen molar-refractivity contribution >= 4 is 22.5 Å². The molecule has 0 aliphatic rings. The molecule has 1 aromatic heterocycles. The number of rotatable bonds is 12. The van der Waals surface area contributed by atoms with Crippen molar-refractivity contribution < 1.29 is 14.6 Å². The second kappa shape index (κ2) is 11.4. The molecule has 4 N–H and O–H groups in total. The van der Waals surface area contributed by atoms with E-state index in [4.69, 9.17) is 4.74 Å². The van der Waals surface area contributed by atoms with Crippen LogP contribution in [0.25, 0.3) is 10.9 Å². The van der Waals surface area contributed by atoms with Gasteiger partial charge >= 0.3 is 0 Å². The van der Waals surface area contributed by atoms with Gasteiger partial charge in [-0.15, -0.1) is 0 Å². The number of methoxy groups -OCH3 is 1. The molecule has 0 bridgehead atoms. The number of phenols is 1. The Morgan fingerprint density at radius 3 is 2.87 bits per heavy atom. The fraction of sp³-hybridized carbons (Fsp3) is 0.400. The summed E-state index contributed by atoms with van der Waals surface area (Å²) in [5, 5.41) is 17.3. The number of anilines is 1. The zero-order chi connectivity index (χ0) is 22.1. The second-order valence-corrected chi connectivity index (χ2v) is 8.03. The van der Waals surface area contributed by atoms with E-state index in [1.54, 1.807) is 13.2 Å². The first-order chi connectivity index (χ1) is 15.0. The van der Waals surface area contributed by atoms with Gasteiger partial charge in [-0.3, -0.25) is 4.79 Å². The van der Waals surface area contributed by atoms with Gasteiger partial charge in [0, 0.05) is 41.3 Å². The minimum absolute atomic E-state index is 0.0455. The van der Waals surface area contributed by atoms with Crippen molar-refractivity contribution in [3.05, 3.63) is 54.2 Å². The summed E-state index contributed by atoms with van der Waals surface area (Å²) in [6.07, 6.45) is 7.59. The fourth-order valence-electron chi connectivity index (χ4n) is 3.77. The van der Waals surface area contributed by atoms with Gasteiger partial charge in [-0.25, -0.2) is 0 Å². The highest BCUT2D eigenvalue weighted by Crippen LogP contribution is 2.23. The quantitative estimate of drug-likeness (QED) is 0.309. The first kappa shape index (κ1) is 22.7. The topological polar surface area (TPSA) is 86.4 Å². The molecule has 0 spiro atoms. The molecule has 0 fully saturated rings. The van der Waals surface area contributed by atoms with Crippen LogP contribution in [0, 0.1) is 0 Å². The molecule has 1 amide bonds. The van der Waals surface area contributed by atoms with Crippen LogP contribution >= 0.6 is 0 Å². The molecule has 6 heteroatoms. The molecule has 0 aliphatic carbocycles. The van der Waals surface area contributed by atoms with E-state index >= 15 is 0 Å². The maximum absolute atomic E-state index is 12.1. The summed E-state index contributed by atoms with van der Waals surface area (Å²) >= 11 is 0. The van der Waals surface area contributed by atoms with Gasteiger partial charge < -0.3 is 25.5 Å². The molecule has 166 valence electrons. The molecule has 2 aromatic carbocycles. The molecule has 1 heterocycles. The van der Waals surface area contributed by atoms with Gasteiger partial charge in [-0.2, -0.15) is 0 Å². The van der Waals surface area contributed by atoms with Crippen molar-refractivity contribution in [3.8, 4) is 11.5 Å². The number of hydrogen-bond donors (Lipinski definition) is 4. The molecule has 0 saturated carbocycles. The van der Waals surface area contributed by atoms with Crippen LogP contribution in [0.1, 0.15) is 44.6 Å². The third-order valence-corrected chi connectivity index (χ3v) is 5.53. The Kier molecular flexibility index (Phi) is 8.35. The molecule has 3 aromatic rings. The molecule has 31 heavy (non-hydrogen) atoms. The number of aromatic hydroxyl groups is 1. The summed E-state index contributed by atoms with van der Waals surface area (Å²) in [4.78, 5) is 15.3. The number of carbonyl (C=O) groups excluding carboxylic acids is 1. The number of benzene rings is 2. The number of aromatic nitrogens is 1. The number of ether oxygens (including phenoxy) is 1. The van der Waals surface area contributed by atoms with Crippen LogP contribution in [0.2, 0.25) is 0 Å². The van der Waals surface area contributed by atoms with Crippen molar-refractivity contribution in [3.63, 3.8) is 0 Å². The first-order valence-corrected chi connectivity index (χ1v) is 11.0. The molecule has 0 saturated heterocycles. The molecule has 1 atom stereocenters. The van der Waals surface area contributed by atoms with E-state index in [2.05, 4.69) is 22.5 Å². The number of nitrogens with one attached hydrogen (secondary N) is 3. The van der Waals surface area contributed by atoms with E-state index in [1.165, 1.54) is 5.56 Å². The average molecular weight is 424 g/mol. The zero-order valence-corrected chi connectivity index (χ0v) is 18.4.